The molecule has 3 N–H and O–H groups in total. The number of para-hydroxylation sites is 1. The number of aromatic nitrogens is 1. The molecule has 3 aromatic carbocycles. The lowest BCUT2D eigenvalue weighted by Crippen LogP contribution is -2.19. The molecule has 0 saturated carbocycles. The SMILES string of the molecule is O=C(Nc1ccc(Cl)cn1)C(Sc1ccc(NC(=S)Nc2ccccc2)cc1)c1ccccc1. The minimum absolute atomic E-state index is 0.165. The number of halogens is 1. The molecule has 0 fully saturated rings. The normalized spacial score (nSPS) is 11.3. The van der Waals surface area contributed by atoms with Gasteiger partial charge >= 0.3 is 0 Å². The third-order valence-corrected chi connectivity index (χ3v) is 6.41. The molecule has 1 amide bonds. The van der Waals surface area contributed by atoms with Gasteiger partial charge in [-0.05, 0) is 66.3 Å². The molecule has 0 bridgehead atoms. The van der Waals surface area contributed by atoms with Crippen LogP contribution in [0, 0.1) is 0 Å². The Morgan fingerprint density at radius 1 is 0.794 bits per heavy atom. The molecule has 5 nitrogen and oxygen atoms in total. The summed E-state index contributed by atoms with van der Waals surface area (Å²) in [5.74, 6) is 0.288. The topological polar surface area (TPSA) is 66.0 Å². The zero-order valence-electron chi connectivity index (χ0n) is 17.9. The molecular formula is C26H21ClN4OS2. The number of carbonyl (C=O) groups is 1. The zero-order valence-corrected chi connectivity index (χ0v) is 20.3. The number of anilines is 3. The van der Waals surface area contributed by atoms with Crippen molar-refractivity contribution in [1.82, 2.24) is 4.98 Å². The monoisotopic (exact) mass is 504 g/mol. The van der Waals surface area contributed by atoms with E-state index in [2.05, 4.69) is 20.9 Å². The van der Waals surface area contributed by atoms with Gasteiger partial charge in [0.1, 0.15) is 11.1 Å². The van der Waals surface area contributed by atoms with Gasteiger partial charge in [-0.1, -0.05) is 60.1 Å². The molecule has 0 saturated heterocycles. The van der Waals surface area contributed by atoms with Gasteiger partial charge in [0.15, 0.2) is 5.11 Å². The van der Waals surface area contributed by atoms with Crippen LogP contribution in [0.1, 0.15) is 10.8 Å². The molecule has 0 aliphatic carbocycles. The van der Waals surface area contributed by atoms with Crippen molar-refractivity contribution in [2.24, 2.45) is 0 Å². The first-order chi connectivity index (χ1) is 16.6. The van der Waals surface area contributed by atoms with Crippen LogP contribution in [0.15, 0.2) is 108 Å². The minimum atomic E-state index is -0.460. The van der Waals surface area contributed by atoms with Crippen LogP contribution >= 0.6 is 35.6 Å². The molecular weight excluding hydrogens is 484 g/mol. The fourth-order valence-electron chi connectivity index (χ4n) is 3.11. The number of benzene rings is 3. The fraction of sp³-hybridized carbons (Fsp3) is 0.0385. The van der Waals surface area contributed by atoms with Gasteiger partial charge in [0.25, 0.3) is 0 Å². The van der Waals surface area contributed by atoms with Crippen molar-refractivity contribution in [3.8, 4) is 0 Å². The van der Waals surface area contributed by atoms with Gasteiger partial charge in [0, 0.05) is 22.5 Å². The summed E-state index contributed by atoms with van der Waals surface area (Å²) in [5, 5.41) is 9.76. The van der Waals surface area contributed by atoms with Gasteiger partial charge in [0.05, 0.1) is 5.02 Å². The molecule has 0 aliphatic rings. The molecule has 1 aromatic heterocycles. The number of carbonyl (C=O) groups excluding carboxylic acids is 1. The smallest absolute Gasteiger partial charge is 0.243 e. The van der Waals surface area contributed by atoms with Crippen LogP contribution in [-0.4, -0.2) is 16.0 Å². The quantitative estimate of drug-likeness (QED) is 0.186. The molecule has 0 aliphatic heterocycles. The van der Waals surface area contributed by atoms with Gasteiger partial charge in [-0.3, -0.25) is 4.79 Å². The molecule has 1 unspecified atom stereocenters. The van der Waals surface area contributed by atoms with Gasteiger partial charge in [-0.25, -0.2) is 4.98 Å². The summed E-state index contributed by atoms with van der Waals surface area (Å²) in [4.78, 5) is 18.3. The summed E-state index contributed by atoms with van der Waals surface area (Å²) < 4.78 is 0. The first-order valence-corrected chi connectivity index (χ1v) is 12.1. The van der Waals surface area contributed by atoms with Crippen LogP contribution < -0.4 is 16.0 Å². The first-order valence-electron chi connectivity index (χ1n) is 10.4. The van der Waals surface area contributed by atoms with Crippen LogP contribution in [-0.2, 0) is 4.79 Å². The summed E-state index contributed by atoms with van der Waals surface area (Å²) >= 11 is 12.8. The molecule has 8 heteroatoms. The number of thioether (sulfide) groups is 1. The summed E-state index contributed by atoms with van der Waals surface area (Å²) in [6.45, 7) is 0. The Hall–Kier alpha value is -3.39. The fourth-order valence-corrected chi connectivity index (χ4v) is 4.48. The van der Waals surface area contributed by atoms with Crippen molar-refractivity contribution in [3.63, 3.8) is 0 Å². The lowest BCUT2D eigenvalue weighted by molar-refractivity contribution is -0.115. The predicted molar refractivity (Wildman–Crippen MR) is 146 cm³/mol. The largest absolute Gasteiger partial charge is 0.332 e. The van der Waals surface area contributed by atoms with E-state index in [1.165, 1.54) is 18.0 Å². The Labute approximate surface area is 213 Å². The molecule has 170 valence electrons. The van der Waals surface area contributed by atoms with Crippen molar-refractivity contribution in [1.29, 1.82) is 0 Å². The second-order valence-corrected chi connectivity index (χ2v) is 9.25. The third-order valence-electron chi connectivity index (χ3n) is 4.72. The van der Waals surface area contributed by atoms with Crippen LogP contribution in [0.5, 0.6) is 0 Å². The Kier molecular flexibility index (Phi) is 8.14. The highest BCUT2D eigenvalue weighted by Crippen LogP contribution is 2.36. The second kappa shape index (κ2) is 11.7. The van der Waals surface area contributed by atoms with Crippen molar-refractivity contribution in [2.75, 3.05) is 16.0 Å². The van der Waals surface area contributed by atoms with Crippen LogP contribution in [0.2, 0.25) is 5.02 Å². The Morgan fingerprint density at radius 3 is 2.03 bits per heavy atom. The first kappa shape index (κ1) is 23.8. The number of hydrogen-bond acceptors (Lipinski definition) is 4. The number of nitrogens with zero attached hydrogens (tertiary/aromatic N) is 1. The highest BCUT2D eigenvalue weighted by molar-refractivity contribution is 8.00. The Morgan fingerprint density at radius 2 is 1.41 bits per heavy atom. The van der Waals surface area contributed by atoms with Crippen LogP contribution in [0.3, 0.4) is 0 Å². The van der Waals surface area contributed by atoms with Crippen molar-refractivity contribution in [2.45, 2.75) is 10.1 Å². The summed E-state index contributed by atoms with van der Waals surface area (Å²) in [7, 11) is 0. The average Bonchev–Trinajstić information content (AvgIpc) is 2.86. The maximum atomic E-state index is 13.1. The molecule has 0 spiro atoms. The Bertz CT molecular complexity index is 1240. The second-order valence-electron chi connectivity index (χ2n) is 7.23. The van der Waals surface area contributed by atoms with Gasteiger partial charge in [-0.15, -0.1) is 11.8 Å². The molecule has 34 heavy (non-hydrogen) atoms. The van der Waals surface area contributed by atoms with Crippen LogP contribution in [0.4, 0.5) is 17.2 Å². The van der Waals surface area contributed by atoms with E-state index in [0.717, 1.165) is 21.8 Å². The van der Waals surface area contributed by atoms with Gasteiger partial charge < -0.3 is 16.0 Å². The van der Waals surface area contributed by atoms with E-state index in [9.17, 15) is 4.79 Å². The van der Waals surface area contributed by atoms with E-state index >= 15 is 0 Å². The summed E-state index contributed by atoms with van der Waals surface area (Å²) in [6, 6.07) is 30.5. The van der Waals surface area contributed by atoms with E-state index in [1.807, 2.05) is 84.9 Å². The van der Waals surface area contributed by atoms with E-state index in [4.69, 9.17) is 23.8 Å². The number of pyridine rings is 1. The Balaban J connectivity index is 1.44. The number of rotatable bonds is 7. The molecule has 4 rings (SSSR count). The molecule has 4 aromatic rings. The number of hydrogen-bond donors (Lipinski definition) is 3. The summed E-state index contributed by atoms with van der Waals surface area (Å²) in [6.07, 6.45) is 1.50. The number of amides is 1. The summed E-state index contributed by atoms with van der Waals surface area (Å²) in [5.41, 5.74) is 2.66. The number of nitrogens with one attached hydrogen (secondary N) is 3. The maximum Gasteiger partial charge on any atom is 0.243 e. The number of thiocarbonyl (C=S) groups is 1. The van der Waals surface area contributed by atoms with Crippen LogP contribution in [0.25, 0.3) is 0 Å². The van der Waals surface area contributed by atoms with Crippen molar-refractivity contribution < 1.29 is 4.79 Å². The molecule has 1 heterocycles. The third kappa shape index (κ3) is 6.81. The van der Waals surface area contributed by atoms with E-state index in [0.29, 0.717) is 16.0 Å². The zero-order chi connectivity index (χ0) is 23.8. The lowest BCUT2D eigenvalue weighted by Gasteiger charge is -2.17. The molecule has 0 radical (unpaired) electrons. The van der Waals surface area contributed by atoms with Gasteiger partial charge in [-0.2, -0.15) is 0 Å². The molecule has 1 atom stereocenters. The highest BCUT2D eigenvalue weighted by Gasteiger charge is 2.22. The minimum Gasteiger partial charge on any atom is -0.332 e. The lowest BCUT2D eigenvalue weighted by atomic mass is 10.1. The maximum absolute atomic E-state index is 13.1. The van der Waals surface area contributed by atoms with Crippen molar-refractivity contribution in [3.05, 3.63) is 114 Å². The van der Waals surface area contributed by atoms with E-state index in [1.54, 1.807) is 12.1 Å². The van der Waals surface area contributed by atoms with Crippen molar-refractivity contribution >= 4 is 63.8 Å². The van der Waals surface area contributed by atoms with Gasteiger partial charge in [0.2, 0.25) is 5.91 Å². The predicted octanol–water partition coefficient (Wildman–Crippen LogP) is 7.02. The highest BCUT2D eigenvalue weighted by atomic mass is 35.5. The van der Waals surface area contributed by atoms with E-state index in [-0.39, 0.29) is 5.91 Å². The standard InChI is InChI=1S/C26H21ClN4OS2/c27-19-11-16-23(28-17-19)31-25(32)24(18-7-3-1-4-8-18)34-22-14-12-21(13-15-22)30-26(33)29-20-9-5-2-6-10-20/h1-17,24H,(H,28,31,32)(H2,29,30,33). The van der Waals surface area contributed by atoms with E-state index < -0.39 is 5.25 Å². The average molecular weight is 505 g/mol.